The summed E-state index contributed by atoms with van der Waals surface area (Å²) in [6.07, 6.45) is 0. The standard InChI is InChI=1S/C18H16N4OS2/c1-22(10-16-19-14-8-4-5-9-15(14)25-16)17(23)11-24-18-20-12-6-2-3-7-13(12)21-18/h2-9H,10-11H2,1H3,(H,20,21). The van der Waals surface area contributed by atoms with E-state index in [1.807, 2.05) is 49.5 Å². The molecule has 5 nitrogen and oxygen atoms in total. The van der Waals surface area contributed by atoms with Crippen LogP contribution in [-0.4, -0.2) is 38.6 Å². The van der Waals surface area contributed by atoms with Gasteiger partial charge >= 0.3 is 0 Å². The molecule has 7 heteroatoms. The van der Waals surface area contributed by atoms with Gasteiger partial charge in [0.25, 0.3) is 0 Å². The number of rotatable bonds is 5. The van der Waals surface area contributed by atoms with Gasteiger partial charge in [-0.2, -0.15) is 0 Å². The van der Waals surface area contributed by atoms with E-state index >= 15 is 0 Å². The van der Waals surface area contributed by atoms with Gasteiger partial charge in [-0.25, -0.2) is 9.97 Å². The van der Waals surface area contributed by atoms with Gasteiger partial charge in [-0.15, -0.1) is 11.3 Å². The number of thiazole rings is 1. The van der Waals surface area contributed by atoms with Gasteiger partial charge in [0.15, 0.2) is 5.16 Å². The molecule has 0 saturated heterocycles. The molecule has 0 aliphatic rings. The first-order valence-corrected chi connectivity index (χ1v) is 9.65. The normalized spacial score (nSPS) is 11.2. The zero-order valence-electron chi connectivity index (χ0n) is 13.6. The lowest BCUT2D eigenvalue weighted by Crippen LogP contribution is -2.27. The van der Waals surface area contributed by atoms with Crippen molar-refractivity contribution in [3.63, 3.8) is 0 Å². The Balaban J connectivity index is 1.38. The van der Waals surface area contributed by atoms with Crippen LogP contribution < -0.4 is 0 Å². The van der Waals surface area contributed by atoms with Crippen LogP contribution in [0.5, 0.6) is 0 Å². The summed E-state index contributed by atoms with van der Waals surface area (Å²) in [4.78, 5) is 26.4. The van der Waals surface area contributed by atoms with E-state index in [-0.39, 0.29) is 5.91 Å². The Labute approximate surface area is 153 Å². The number of aromatic nitrogens is 3. The average molecular weight is 368 g/mol. The number of hydrogen-bond donors (Lipinski definition) is 1. The van der Waals surface area contributed by atoms with Crippen molar-refractivity contribution >= 4 is 50.3 Å². The predicted octanol–water partition coefficient (Wildman–Crippen LogP) is 3.92. The molecule has 0 radical (unpaired) electrons. The monoisotopic (exact) mass is 368 g/mol. The van der Waals surface area contributed by atoms with Crippen molar-refractivity contribution in [1.29, 1.82) is 0 Å². The molecule has 0 fully saturated rings. The molecule has 2 aromatic carbocycles. The summed E-state index contributed by atoms with van der Waals surface area (Å²) in [6, 6.07) is 15.9. The minimum absolute atomic E-state index is 0.0599. The number of aromatic amines is 1. The number of imidazole rings is 1. The van der Waals surface area contributed by atoms with Gasteiger partial charge in [-0.3, -0.25) is 4.79 Å². The van der Waals surface area contributed by atoms with Crippen molar-refractivity contribution in [2.75, 3.05) is 12.8 Å². The second-order valence-corrected chi connectivity index (χ2v) is 7.75. The molecule has 126 valence electrons. The minimum atomic E-state index is 0.0599. The summed E-state index contributed by atoms with van der Waals surface area (Å²) in [5.41, 5.74) is 2.89. The number of thioether (sulfide) groups is 1. The molecule has 0 atom stereocenters. The summed E-state index contributed by atoms with van der Waals surface area (Å²) in [6.45, 7) is 0.527. The number of nitrogens with one attached hydrogen (secondary N) is 1. The molecule has 0 aliphatic carbocycles. The van der Waals surface area contributed by atoms with Crippen LogP contribution in [-0.2, 0) is 11.3 Å². The number of benzene rings is 2. The maximum Gasteiger partial charge on any atom is 0.233 e. The highest BCUT2D eigenvalue weighted by Gasteiger charge is 2.13. The molecule has 4 rings (SSSR count). The lowest BCUT2D eigenvalue weighted by molar-refractivity contribution is -0.127. The lowest BCUT2D eigenvalue weighted by Gasteiger charge is -2.14. The number of amides is 1. The van der Waals surface area contributed by atoms with Crippen molar-refractivity contribution in [1.82, 2.24) is 19.9 Å². The Bertz CT molecular complexity index is 974. The third kappa shape index (κ3) is 3.52. The second kappa shape index (κ2) is 6.85. The maximum atomic E-state index is 12.4. The van der Waals surface area contributed by atoms with E-state index in [4.69, 9.17) is 0 Å². The van der Waals surface area contributed by atoms with E-state index in [0.29, 0.717) is 12.3 Å². The Hall–Kier alpha value is -2.38. The van der Waals surface area contributed by atoms with Crippen molar-refractivity contribution in [3.05, 3.63) is 53.5 Å². The molecule has 4 aromatic rings. The SMILES string of the molecule is CN(Cc1nc2ccccc2s1)C(=O)CSc1nc2ccccc2[nH]1. The van der Waals surface area contributed by atoms with E-state index in [2.05, 4.69) is 21.0 Å². The van der Waals surface area contributed by atoms with Crippen molar-refractivity contribution in [3.8, 4) is 0 Å². The number of carbonyl (C=O) groups excluding carboxylic acids is 1. The van der Waals surface area contributed by atoms with Gasteiger partial charge in [0.05, 0.1) is 33.5 Å². The number of H-pyrrole nitrogens is 1. The van der Waals surface area contributed by atoms with Crippen LogP contribution >= 0.6 is 23.1 Å². The molecule has 2 aromatic heterocycles. The first-order chi connectivity index (χ1) is 12.2. The summed E-state index contributed by atoms with van der Waals surface area (Å²) < 4.78 is 1.15. The zero-order chi connectivity index (χ0) is 17.2. The fourth-order valence-electron chi connectivity index (χ4n) is 2.52. The van der Waals surface area contributed by atoms with Gasteiger partial charge in [-0.1, -0.05) is 36.0 Å². The summed E-state index contributed by atoms with van der Waals surface area (Å²) >= 11 is 3.05. The molecule has 25 heavy (non-hydrogen) atoms. The first kappa shape index (κ1) is 16.1. The number of carbonyl (C=O) groups is 1. The van der Waals surface area contributed by atoms with E-state index in [1.165, 1.54) is 11.8 Å². The van der Waals surface area contributed by atoms with Crippen LogP contribution in [0.25, 0.3) is 21.3 Å². The highest BCUT2D eigenvalue weighted by molar-refractivity contribution is 7.99. The summed E-state index contributed by atoms with van der Waals surface area (Å²) in [5.74, 6) is 0.408. The highest BCUT2D eigenvalue weighted by atomic mass is 32.2. The Kier molecular flexibility index (Phi) is 4.42. The number of para-hydroxylation sites is 3. The summed E-state index contributed by atoms with van der Waals surface area (Å²) in [7, 11) is 1.81. The van der Waals surface area contributed by atoms with Crippen LogP contribution in [0.2, 0.25) is 0 Å². The fourth-order valence-corrected chi connectivity index (χ4v) is 4.36. The van der Waals surface area contributed by atoms with Gasteiger partial charge < -0.3 is 9.88 Å². The molecule has 0 bridgehead atoms. The largest absolute Gasteiger partial charge is 0.338 e. The lowest BCUT2D eigenvalue weighted by atomic mass is 10.3. The van der Waals surface area contributed by atoms with Crippen molar-refractivity contribution in [2.24, 2.45) is 0 Å². The van der Waals surface area contributed by atoms with Crippen molar-refractivity contribution in [2.45, 2.75) is 11.7 Å². The molecular formula is C18H16N4OS2. The number of hydrogen-bond acceptors (Lipinski definition) is 5. The molecule has 1 N–H and O–H groups in total. The minimum Gasteiger partial charge on any atom is -0.338 e. The second-order valence-electron chi connectivity index (χ2n) is 5.67. The molecule has 0 saturated carbocycles. The van der Waals surface area contributed by atoms with Crippen LogP contribution in [0.1, 0.15) is 5.01 Å². The molecule has 2 heterocycles. The zero-order valence-corrected chi connectivity index (χ0v) is 15.2. The Morgan fingerprint density at radius 3 is 2.68 bits per heavy atom. The van der Waals surface area contributed by atoms with E-state index < -0.39 is 0 Å². The average Bonchev–Trinajstić information content (AvgIpc) is 3.22. The molecule has 0 spiro atoms. The van der Waals surface area contributed by atoms with Crippen LogP contribution in [0.15, 0.2) is 53.7 Å². The number of fused-ring (bicyclic) bond motifs is 2. The highest BCUT2D eigenvalue weighted by Crippen LogP contribution is 2.23. The quantitative estimate of drug-likeness (QED) is 0.542. The fraction of sp³-hybridized carbons (Fsp3) is 0.167. The van der Waals surface area contributed by atoms with Crippen molar-refractivity contribution < 1.29 is 4.79 Å². The molecule has 1 amide bonds. The Morgan fingerprint density at radius 2 is 1.88 bits per heavy atom. The molecule has 0 aliphatic heterocycles. The van der Waals surface area contributed by atoms with Crippen LogP contribution in [0.4, 0.5) is 0 Å². The van der Waals surface area contributed by atoms with E-state index in [9.17, 15) is 4.79 Å². The third-order valence-electron chi connectivity index (χ3n) is 3.84. The first-order valence-electron chi connectivity index (χ1n) is 7.85. The van der Waals surface area contributed by atoms with Gasteiger partial charge in [0, 0.05) is 7.05 Å². The maximum absolute atomic E-state index is 12.4. The molecule has 0 unspecified atom stereocenters. The van der Waals surface area contributed by atoms with E-state index in [1.54, 1.807) is 16.2 Å². The summed E-state index contributed by atoms with van der Waals surface area (Å²) in [5, 5.41) is 1.72. The Morgan fingerprint density at radius 1 is 1.12 bits per heavy atom. The number of nitrogens with zero attached hydrogens (tertiary/aromatic N) is 3. The van der Waals surface area contributed by atoms with Gasteiger partial charge in [0.1, 0.15) is 5.01 Å². The van der Waals surface area contributed by atoms with E-state index in [0.717, 1.165) is 31.4 Å². The van der Waals surface area contributed by atoms with Crippen LogP contribution in [0.3, 0.4) is 0 Å². The topological polar surface area (TPSA) is 61.9 Å². The predicted molar refractivity (Wildman–Crippen MR) is 103 cm³/mol. The molecular weight excluding hydrogens is 352 g/mol. The third-order valence-corrected chi connectivity index (χ3v) is 5.72. The van der Waals surface area contributed by atoms with Gasteiger partial charge in [-0.05, 0) is 24.3 Å². The smallest absolute Gasteiger partial charge is 0.233 e. The van der Waals surface area contributed by atoms with Crippen LogP contribution in [0, 0.1) is 0 Å². The van der Waals surface area contributed by atoms with Gasteiger partial charge in [0.2, 0.25) is 5.91 Å².